The molecule has 0 aliphatic carbocycles. The van der Waals surface area contributed by atoms with Crippen LogP contribution < -0.4 is 16.0 Å². The maximum atomic E-state index is 13.3. The molecule has 0 spiro atoms. The molecule has 0 saturated carbocycles. The van der Waals surface area contributed by atoms with E-state index in [1.54, 1.807) is 19.1 Å². The minimum absolute atomic E-state index is 0.158. The van der Waals surface area contributed by atoms with Crippen molar-refractivity contribution in [1.82, 2.24) is 10.6 Å². The topological polar surface area (TPSA) is 53.2 Å². The second-order valence-electron chi connectivity index (χ2n) is 4.25. The van der Waals surface area contributed by atoms with Crippen molar-refractivity contribution in [2.24, 2.45) is 0 Å². The van der Waals surface area contributed by atoms with E-state index >= 15 is 0 Å². The van der Waals surface area contributed by atoms with E-state index in [4.69, 9.17) is 0 Å². The number of aryl methyl sites for hydroxylation is 1. The number of hydrogen-bond donors (Lipinski definition) is 3. The van der Waals surface area contributed by atoms with Crippen LogP contribution in [0.25, 0.3) is 0 Å². The summed E-state index contributed by atoms with van der Waals surface area (Å²) >= 11 is 0. The highest BCUT2D eigenvalue weighted by Crippen LogP contribution is 2.13. The number of anilines is 1. The lowest BCUT2D eigenvalue weighted by atomic mass is 10.2. The van der Waals surface area contributed by atoms with Gasteiger partial charge in [0, 0.05) is 18.3 Å². The van der Waals surface area contributed by atoms with Crippen molar-refractivity contribution in [2.45, 2.75) is 19.4 Å². The quantitative estimate of drug-likeness (QED) is 0.732. The standard InChI is InChI=1S/C12H16FN3O/c1-8-2-3-9(6-11(8)13)15-12(17)16-10-4-5-14-7-10/h2-3,6,10,14H,4-5,7H2,1H3,(H2,15,16,17)/t10-/m1/s1. The van der Waals surface area contributed by atoms with Gasteiger partial charge in [-0.25, -0.2) is 9.18 Å². The number of hydrogen-bond acceptors (Lipinski definition) is 2. The summed E-state index contributed by atoms with van der Waals surface area (Å²) in [5.74, 6) is -0.315. The zero-order chi connectivity index (χ0) is 12.3. The van der Waals surface area contributed by atoms with E-state index in [1.807, 2.05) is 0 Å². The molecular formula is C12H16FN3O. The van der Waals surface area contributed by atoms with Gasteiger partial charge in [-0.15, -0.1) is 0 Å². The molecule has 1 saturated heterocycles. The highest BCUT2D eigenvalue weighted by atomic mass is 19.1. The molecule has 92 valence electrons. The number of amides is 2. The Morgan fingerprint density at radius 3 is 3.00 bits per heavy atom. The third-order valence-electron chi connectivity index (χ3n) is 2.83. The molecule has 17 heavy (non-hydrogen) atoms. The van der Waals surface area contributed by atoms with Crippen LogP contribution in [0.15, 0.2) is 18.2 Å². The van der Waals surface area contributed by atoms with E-state index in [0.29, 0.717) is 11.3 Å². The second-order valence-corrected chi connectivity index (χ2v) is 4.25. The molecule has 2 amide bonds. The van der Waals surface area contributed by atoms with Gasteiger partial charge in [0.1, 0.15) is 5.82 Å². The number of carbonyl (C=O) groups is 1. The number of urea groups is 1. The Morgan fingerprint density at radius 2 is 2.35 bits per heavy atom. The summed E-state index contributed by atoms with van der Waals surface area (Å²) in [6.07, 6.45) is 0.926. The van der Waals surface area contributed by atoms with Crippen molar-refractivity contribution >= 4 is 11.7 Å². The van der Waals surface area contributed by atoms with Gasteiger partial charge in [-0.3, -0.25) is 0 Å². The highest BCUT2D eigenvalue weighted by molar-refractivity contribution is 5.89. The summed E-state index contributed by atoms with van der Waals surface area (Å²) in [4.78, 5) is 11.6. The molecule has 1 aromatic rings. The highest BCUT2D eigenvalue weighted by Gasteiger charge is 2.16. The number of benzene rings is 1. The lowest BCUT2D eigenvalue weighted by molar-refractivity contribution is 0.249. The Bertz CT molecular complexity index is 416. The number of rotatable bonds is 2. The van der Waals surface area contributed by atoms with Gasteiger partial charge in [-0.2, -0.15) is 0 Å². The smallest absolute Gasteiger partial charge is 0.319 e. The zero-order valence-corrected chi connectivity index (χ0v) is 9.72. The predicted molar refractivity (Wildman–Crippen MR) is 64.6 cm³/mol. The predicted octanol–water partition coefficient (Wildman–Crippen LogP) is 1.62. The van der Waals surface area contributed by atoms with Crippen LogP contribution in [0.5, 0.6) is 0 Å². The summed E-state index contributed by atoms with van der Waals surface area (Å²) < 4.78 is 13.3. The molecule has 4 nitrogen and oxygen atoms in total. The summed E-state index contributed by atoms with van der Waals surface area (Å²) in [7, 11) is 0. The first-order chi connectivity index (χ1) is 8.15. The van der Waals surface area contributed by atoms with Gasteiger partial charge in [0.2, 0.25) is 0 Å². The summed E-state index contributed by atoms with van der Waals surface area (Å²) in [5, 5.41) is 8.60. The summed E-state index contributed by atoms with van der Waals surface area (Å²) in [6, 6.07) is 4.52. The van der Waals surface area contributed by atoms with Crippen LogP contribution in [-0.4, -0.2) is 25.2 Å². The normalized spacial score (nSPS) is 19.1. The minimum Gasteiger partial charge on any atom is -0.334 e. The lowest BCUT2D eigenvalue weighted by Crippen LogP contribution is -2.39. The van der Waals surface area contributed by atoms with E-state index in [0.717, 1.165) is 19.5 Å². The van der Waals surface area contributed by atoms with Crippen LogP contribution in [0.4, 0.5) is 14.9 Å². The van der Waals surface area contributed by atoms with Crippen LogP contribution >= 0.6 is 0 Å². The maximum Gasteiger partial charge on any atom is 0.319 e. The Hall–Kier alpha value is -1.62. The largest absolute Gasteiger partial charge is 0.334 e. The molecule has 1 aliphatic heterocycles. The number of carbonyl (C=O) groups excluding carboxylic acids is 1. The van der Waals surface area contributed by atoms with Crippen molar-refractivity contribution in [1.29, 1.82) is 0 Å². The van der Waals surface area contributed by atoms with Crippen molar-refractivity contribution in [3.63, 3.8) is 0 Å². The Kier molecular flexibility index (Phi) is 3.58. The summed E-state index contributed by atoms with van der Waals surface area (Å²) in [5.41, 5.74) is 1.03. The van der Waals surface area contributed by atoms with Gasteiger partial charge in [0.25, 0.3) is 0 Å². The fourth-order valence-corrected chi connectivity index (χ4v) is 1.80. The average molecular weight is 237 g/mol. The molecule has 1 atom stereocenters. The van der Waals surface area contributed by atoms with Gasteiger partial charge in [0.15, 0.2) is 0 Å². The molecule has 1 heterocycles. The monoisotopic (exact) mass is 237 g/mol. The molecule has 3 N–H and O–H groups in total. The molecule has 1 aliphatic rings. The second kappa shape index (κ2) is 5.14. The van der Waals surface area contributed by atoms with Gasteiger partial charge in [-0.1, -0.05) is 6.07 Å². The lowest BCUT2D eigenvalue weighted by Gasteiger charge is -2.12. The van der Waals surface area contributed by atoms with E-state index in [-0.39, 0.29) is 17.9 Å². The zero-order valence-electron chi connectivity index (χ0n) is 9.72. The van der Waals surface area contributed by atoms with Crippen LogP contribution in [0.1, 0.15) is 12.0 Å². The van der Waals surface area contributed by atoms with E-state index in [2.05, 4.69) is 16.0 Å². The molecule has 0 bridgehead atoms. The first-order valence-corrected chi connectivity index (χ1v) is 5.69. The molecule has 1 aromatic carbocycles. The van der Waals surface area contributed by atoms with Crippen LogP contribution in [0, 0.1) is 12.7 Å². The van der Waals surface area contributed by atoms with Crippen molar-refractivity contribution in [2.75, 3.05) is 18.4 Å². The fourth-order valence-electron chi connectivity index (χ4n) is 1.80. The van der Waals surface area contributed by atoms with Crippen molar-refractivity contribution < 1.29 is 9.18 Å². The molecule has 0 radical (unpaired) electrons. The Morgan fingerprint density at radius 1 is 1.53 bits per heavy atom. The van der Waals surface area contributed by atoms with Crippen LogP contribution in [-0.2, 0) is 0 Å². The number of halogens is 1. The summed E-state index contributed by atoms with van der Waals surface area (Å²) in [6.45, 7) is 3.39. The molecule has 0 aromatic heterocycles. The van der Waals surface area contributed by atoms with Gasteiger partial charge in [-0.05, 0) is 37.6 Å². The van der Waals surface area contributed by atoms with Crippen LogP contribution in [0.3, 0.4) is 0 Å². The average Bonchev–Trinajstić information content (AvgIpc) is 2.76. The first kappa shape index (κ1) is 11.9. The third-order valence-corrected chi connectivity index (χ3v) is 2.83. The number of nitrogens with one attached hydrogen (secondary N) is 3. The fraction of sp³-hybridized carbons (Fsp3) is 0.417. The molecule has 5 heteroatoms. The van der Waals surface area contributed by atoms with Crippen molar-refractivity contribution in [3.05, 3.63) is 29.6 Å². The van der Waals surface area contributed by atoms with E-state index in [1.165, 1.54) is 6.07 Å². The van der Waals surface area contributed by atoms with Crippen molar-refractivity contribution in [3.8, 4) is 0 Å². The first-order valence-electron chi connectivity index (χ1n) is 5.69. The Balaban J connectivity index is 1.90. The van der Waals surface area contributed by atoms with Crippen LogP contribution in [0.2, 0.25) is 0 Å². The third kappa shape index (κ3) is 3.17. The maximum absolute atomic E-state index is 13.3. The van der Waals surface area contributed by atoms with E-state index < -0.39 is 0 Å². The van der Waals surface area contributed by atoms with Gasteiger partial charge in [0.05, 0.1) is 0 Å². The molecule has 2 rings (SSSR count). The Labute approximate surface area is 99.6 Å². The minimum atomic E-state index is -0.315. The van der Waals surface area contributed by atoms with Gasteiger partial charge < -0.3 is 16.0 Å². The SMILES string of the molecule is Cc1ccc(NC(=O)N[C@@H]2CCNC2)cc1F. The molecular weight excluding hydrogens is 221 g/mol. The molecule has 1 fully saturated rings. The van der Waals surface area contributed by atoms with E-state index in [9.17, 15) is 9.18 Å². The molecule has 0 unspecified atom stereocenters. The van der Waals surface area contributed by atoms with Gasteiger partial charge >= 0.3 is 6.03 Å².